The highest BCUT2D eigenvalue weighted by molar-refractivity contribution is 5.89. The van der Waals surface area contributed by atoms with E-state index in [1.54, 1.807) is 6.07 Å². The quantitative estimate of drug-likeness (QED) is 0.793. The van der Waals surface area contributed by atoms with Gasteiger partial charge < -0.3 is 20.5 Å². The summed E-state index contributed by atoms with van der Waals surface area (Å²) >= 11 is 0. The maximum Gasteiger partial charge on any atom is 0.319 e. The summed E-state index contributed by atoms with van der Waals surface area (Å²) in [5.74, 6) is -0.866. The largest absolute Gasteiger partial charge is 0.497 e. The Morgan fingerprint density at radius 2 is 2.00 bits per heavy atom. The van der Waals surface area contributed by atoms with Crippen LogP contribution in [0.25, 0.3) is 0 Å². The molecule has 1 atom stereocenters. The lowest BCUT2D eigenvalue weighted by Crippen LogP contribution is -2.32. The topological polar surface area (TPSA) is 70.6 Å². The second-order valence-electron chi connectivity index (χ2n) is 4.75. The molecular formula is C16H16F2N2O3. The van der Waals surface area contributed by atoms with Crippen molar-refractivity contribution in [3.8, 4) is 5.75 Å². The molecule has 0 heterocycles. The predicted octanol–water partition coefficient (Wildman–Crippen LogP) is 2.83. The number of carbonyl (C=O) groups is 1. The minimum atomic E-state index is -1.19. The third-order valence-corrected chi connectivity index (χ3v) is 3.09. The molecule has 0 saturated carbocycles. The van der Waals surface area contributed by atoms with E-state index in [4.69, 9.17) is 4.74 Å². The van der Waals surface area contributed by atoms with Gasteiger partial charge in [0.25, 0.3) is 0 Å². The molecule has 0 fully saturated rings. The molecule has 2 rings (SSSR count). The number of nitrogens with one attached hydrogen (secondary N) is 2. The molecule has 0 spiro atoms. The molecule has 122 valence electrons. The van der Waals surface area contributed by atoms with Gasteiger partial charge in [0.05, 0.1) is 13.2 Å². The molecule has 2 amide bonds. The summed E-state index contributed by atoms with van der Waals surface area (Å²) in [4.78, 5) is 11.8. The van der Waals surface area contributed by atoms with Crippen molar-refractivity contribution in [1.82, 2.24) is 5.32 Å². The zero-order chi connectivity index (χ0) is 16.8. The van der Waals surface area contributed by atoms with E-state index in [-0.39, 0.29) is 23.5 Å². The van der Waals surface area contributed by atoms with Crippen LogP contribution in [0.1, 0.15) is 11.7 Å². The van der Waals surface area contributed by atoms with Crippen LogP contribution in [0.15, 0.2) is 42.5 Å². The van der Waals surface area contributed by atoms with Crippen LogP contribution in [-0.4, -0.2) is 24.8 Å². The van der Waals surface area contributed by atoms with Gasteiger partial charge in [-0.05, 0) is 12.1 Å². The summed E-state index contributed by atoms with van der Waals surface area (Å²) in [5.41, 5.74) is 0.278. The molecule has 0 saturated heterocycles. The molecule has 0 aromatic heterocycles. The Kier molecular flexibility index (Phi) is 5.48. The summed E-state index contributed by atoms with van der Waals surface area (Å²) < 4.78 is 31.7. The maximum atomic E-state index is 13.5. The van der Waals surface area contributed by atoms with Crippen LogP contribution in [0.5, 0.6) is 5.75 Å². The van der Waals surface area contributed by atoms with Crippen LogP contribution in [0.2, 0.25) is 0 Å². The number of aliphatic hydroxyl groups is 1. The minimum Gasteiger partial charge on any atom is -0.497 e. The van der Waals surface area contributed by atoms with Gasteiger partial charge in [-0.3, -0.25) is 0 Å². The van der Waals surface area contributed by atoms with Crippen LogP contribution in [0.4, 0.5) is 19.3 Å². The number of urea groups is 1. The number of aliphatic hydroxyl groups excluding tert-OH is 1. The molecule has 0 aliphatic carbocycles. The third kappa shape index (κ3) is 4.65. The fourth-order valence-corrected chi connectivity index (χ4v) is 1.97. The predicted molar refractivity (Wildman–Crippen MR) is 81.3 cm³/mol. The molecule has 0 aliphatic rings. The van der Waals surface area contributed by atoms with Crippen molar-refractivity contribution < 1.29 is 23.4 Å². The number of hydrogen-bond acceptors (Lipinski definition) is 3. The first-order chi connectivity index (χ1) is 11.0. The number of halogens is 2. The fraction of sp³-hybridized carbons (Fsp3) is 0.188. The fourth-order valence-electron chi connectivity index (χ4n) is 1.97. The van der Waals surface area contributed by atoms with Gasteiger partial charge in [-0.15, -0.1) is 0 Å². The van der Waals surface area contributed by atoms with Crippen LogP contribution >= 0.6 is 0 Å². The van der Waals surface area contributed by atoms with E-state index in [2.05, 4.69) is 10.6 Å². The van der Waals surface area contributed by atoms with E-state index >= 15 is 0 Å². The Hall–Kier alpha value is -2.67. The molecule has 2 aromatic carbocycles. The number of amides is 2. The lowest BCUT2D eigenvalue weighted by Gasteiger charge is -2.14. The maximum absolute atomic E-state index is 13.5. The van der Waals surface area contributed by atoms with Gasteiger partial charge in [-0.2, -0.15) is 0 Å². The normalized spacial score (nSPS) is 11.7. The molecule has 5 nitrogen and oxygen atoms in total. The lowest BCUT2D eigenvalue weighted by molar-refractivity contribution is 0.170. The molecule has 7 heteroatoms. The Balaban J connectivity index is 1.93. The monoisotopic (exact) mass is 322 g/mol. The van der Waals surface area contributed by atoms with E-state index in [9.17, 15) is 18.7 Å². The summed E-state index contributed by atoms with van der Waals surface area (Å²) in [6.45, 7) is -0.195. The first-order valence-electron chi connectivity index (χ1n) is 6.81. The second-order valence-corrected chi connectivity index (χ2v) is 4.75. The number of hydrogen-bond donors (Lipinski definition) is 3. The van der Waals surface area contributed by atoms with E-state index in [0.29, 0.717) is 0 Å². The summed E-state index contributed by atoms with van der Waals surface area (Å²) in [7, 11) is 1.38. The van der Waals surface area contributed by atoms with Crippen molar-refractivity contribution in [2.75, 3.05) is 19.0 Å². The average molecular weight is 322 g/mol. The second kappa shape index (κ2) is 7.55. The number of rotatable bonds is 5. The van der Waals surface area contributed by atoms with Crippen LogP contribution < -0.4 is 15.4 Å². The van der Waals surface area contributed by atoms with Crippen molar-refractivity contribution in [2.24, 2.45) is 0 Å². The van der Waals surface area contributed by atoms with Crippen LogP contribution in [0.3, 0.4) is 0 Å². The number of carbonyl (C=O) groups excluding carboxylic acids is 1. The molecular weight excluding hydrogens is 306 g/mol. The molecule has 1 unspecified atom stereocenters. The van der Waals surface area contributed by atoms with Gasteiger partial charge in [-0.1, -0.05) is 18.2 Å². The minimum absolute atomic E-state index is 0.0835. The van der Waals surface area contributed by atoms with Crippen molar-refractivity contribution in [1.29, 1.82) is 0 Å². The molecule has 3 N–H and O–H groups in total. The van der Waals surface area contributed by atoms with Crippen LogP contribution in [0, 0.1) is 11.6 Å². The standard InChI is InChI=1S/C16H16F2N2O3/c1-23-12-7-10(17)6-11(8-12)20-16(22)19-9-15(21)13-4-2-3-5-14(13)18/h2-8,15,21H,9H2,1H3,(H2,19,20,22). The highest BCUT2D eigenvalue weighted by Crippen LogP contribution is 2.20. The Labute approximate surface area is 131 Å². The highest BCUT2D eigenvalue weighted by Gasteiger charge is 2.13. The Morgan fingerprint density at radius 1 is 1.26 bits per heavy atom. The van der Waals surface area contributed by atoms with E-state index in [1.807, 2.05) is 0 Å². The Morgan fingerprint density at radius 3 is 2.70 bits per heavy atom. The van der Waals surface area contributed by atoms with Crippen molar-refractivity contribution in [3.05, 3.63) is 59.7 Å². The number of anilines is 1. The zero-order valence-electron chi connectivity index (χ0n) is 12.3. The molecule has 0 radical (unpaired) electrons. The van der Waals surface area contributed by atoms with Crippen molar-refractivity contribution >= 4 is 11.7 Å². The van der Waals surface area contributed by atoms with Gasteiger partial charge in [0, 0.05) is 29.9 Å². The first kappa shape index (κ1) is 16.7. The van der Waals surface area contributed by atoms with Crippen molar-refractivity contribution in [3.63, 3.8) is 0 Å². The first-order valence-corrected chi connectivity index (χ1v) is 6.81. The van der Waals surface area contributed by atoms with Gasteiger partial charge >= 0.3 is 6.03 Å². The van der Waals surface area contributed by atoms with Crippen LogP contribution in [-0.2, 0) is 0 Å². The molecule has 23 heavy (non-hydrogen) atoms. The summed E-state index contributed by atoms with van der Waals surface area (Å²) in [6.07, 6.45) is -1.19. The van der Waals surface area contributed by atoms with E-state index in [1.165, 1.54) is 37.4 Å². The SMILES string of the molecule is COc1cc(F)cc(NC(=O)NCC(O)c2ccccc2F)c1. The Bertz CT molecular complexity index is 695. The highest BCUT2D eigenvalue weighted by atomic mass is 19.1. The number of ether oxygens (including phenoxy) is 1. The van der Waals surface area contributed by atoms with Gasteiger partial charge in [0.15, 0.2) is 0 Å². The molecule has 0 aliphatic heterocycles. The number of benzene rings is 2. The van der Waals surface area contributed by atoms with Gasteiger partial charge in [0.1, 0.15) is 17.4 Å². The summed E-state index contributed by atoms with van der Waals surface area (Å²) in [6, 6.07) is 8.81. The van der Waals surface area contributed by atoms with E-state index in [0.717, 1.165) is 6.07 Å². The van der Waals surface area contributed by atoms with Gasteiger partial charge in [-0.25, -0.2) is 13.6 Å². The lowest BCUT2D eigenvalue weighted by atomic mass is 10.1. The average Bonchev–Trinajstić information content (AvgIpc) is 2.52. The van der Waals surface area contributed by atoms with Crippen molar-refractivity contribution in [2.45, 2.75) is 6.10 Å². The molecule has 2 aromatic rings. The van der Waals surface area contributed by atoms with E-state index < -0.39 is 23.8 Å². The third-order valence-electron chi connectivity index (χ3n) is 3.09. The smallest absolute Gasteiger partial charge is 0.319 e. The molecule has 0 bridgehead atoms. The summed E-state index contributed by atoms with van der Waals surface area (Å²) in [5, 5.41) is 14.7. The number of methoxy groups -OCH3 is 1. The zero-order valence-corrected chi connectivity index (χ0v) is 12.3. The van der Waals surface area contributed by atoms with Gasteiger partial charge in [0.2, 0.25) is 0 Å².